The van der Waals surface area contributed by atoms with Gasteiger partial charge in [-0.3, -0.25) is 0 Å². The maximum Gasteiger partial charge on any atom is 0.213 e. The molecule has 3 N–H and O–H groups in total. The number of benzene rings is 1. The summed E-state index contributed by atoms with van der Waals surface area (Å²) in [5, 5.41) is 8.05. The van der Waals surface area contributed by atoms with Gasteiger partial charge in [0, 0.05) is 12.6 Å². The van der Waals surface area contributed by atoms with E-state index in [2.05, 4.69) is 36.5 Å². The molecule has 0 aliphatic carbocycles. The first-order valence-electron chi connectivity index (χ1n) is 6.84. The van der Waals surface area contributed by atoms with Crippen molar-refractivity contribution in [2.75, 3.05) is 6.54 Å². The second kappa shape index (κ2) is 6.03. The predicted molar refractivity (Wildman–Crippen MR) is 77.3 cm³/mol. The van der Waals surface area contributed by atoms with E-state index >= 15 is 0 Å². The molecule has 1 fully saturated rings. The summed E-state index contributed by atoms with van der Waals surface area (Å²) >= 11 is 0. The Kier molecular flexibility index (Phi) is 4.60. The Hall–Kier alpha value is -0.910. The Morgan fingerprint density at radius 1 is 1.37 bits per heavy atom. The van der Waals surface area contributed by atoms with Gasteiger partial charge in [-0.1, -0.05) is 37.6 Å². The minimum absolute atomic E-state index is 0.245. The Balaban J connectivity index is 2.03. The summed E-state index contributed by atoms with van der Waals surface area (Å²) in [5.41, 5.74) is 2.59. The highest BCUT2D eigenvalue weighted by Crippen LogP contribution is 2.25. The van der Waals surface area contributed by atoms with Crippen molar-refractivity contribution in [1.29, 1.82) is 0 Å². The second-order valence-electron chi connectivity index (χ2n) is 5.24. The molecule has 0 aromatic heterocycles. The van der Waals surface area contributed by atoms with Gasteiger partial charge in [-0.2, -0.15) is 0 Å². The Morgan fingerprint density at radius 3 is 2.74 bits per heavy atom. The van der Waals surface area contributed by atoms with Crippen molar-refractivity contribution in [3.05, 3.63) is 35.4 Å². The van der Waals surface area contributed by atoms with Crippen molar-refractivity contribution in [2.45, 2.75) is 43.9 Å². The lowest BCUT2D eigenvalue weighted by atomic mass is 9.95. The number of aryl methyl sites for hydroxylation is 1. The highest BCUT2D eigenvalue weighted by atomic mass is 32.2. The smallest absolute Gasteiger partial charge is 0.213 e. The van der Waals surface area contributed by atoms with Gasteiger partial charge in [-0.25, -0.2) is 13.6 Å². The average molecular weight is 282 g/mol. The van der Waals surface area contributed by atoms with E-state index in [1.807, 2.05) is 0 Å². The molecule has 106 valence electrons. The molecule has 0 saturated carbocycles. The molecule has 4 nitrogen and oxygen atoms in total. The van der Waals surface area contributed by atoms with Gasteiger partial charge in [0.15, 0.2) is 0 Å². The van der Waals surface area contributed by atoms with E-state index in [9.17, 15) is 8.42 Å². The van der Waals surface area contributed by atoms with Crippen molar-refractivity contribution in [3.8, 4) is 0 Å². The van der Waals surface area contributed by atoms with Crippen molar-refractivity contribution in [3.63, 3.8) is 0 Å². The minimum atomic E-state index is -3.41. The first-order valence-corrected chi connectivity index (χ1v) is 8.45. The summed E-state index contributed by atoms with van der Waals surface area (Å²) in [5.74, 6) is 0. The van der Waals surface area contributed by atoms with Crippen LogP contribution in [0.25, 0.3) is 0 Å². The highest BCUT2D eigenvalue weighted by Gasteiger charge is 2.28. The van der Waals surface area contributed by atoms with Gasteiger partial charge < -0.3 is 5.32 Å². The van der Waals surface area contributed by atoms with Crippen LogP contribution < -0.4 is 10.5 Å². The summed E-state index contributed by atoms with van der Waals surface area (Å²) in [6, 6.07) is 8.79. The number of sulfonamides is 1. The molecule has 1 heterocycles. The second-order valence-corrected chi connectivity index (χ2v) is 7.09. The number of primary sulfonamides is 1. The lowest BCUT2D eigenvalue weighted by Crippen LogP contribution is -2.43. The zero-order chi connectivity index (χ0) is 13.9. The van der Waals surface area contributed by atoms with Crippen molar-refractivity contribution >= 4 is 10.0 Å². The van der Waals surface area contributed by atoms with Crippen molar-refractivity contribution in [2.24, 2.45) is 5.14 Å². The van der Waals surface area contributed by atoms with E-state index < -0.39 is 15.3 Å². The number of hydrogen-bond donors (Lipinski definition) is 2. The molecule has 1 aliphatic rings. The summed E-state index contributed by atoms with van der Waals surface area (Å²) in [7, 11) is -3.41. The molecule has 0 spiro atoms. The summed E-state index contributed by atoms with van der Waals surface area (Å²) in [6.45, 7) is 2.61. The van der Waals surface area contributed by atoms with Crippen LogP contribution in [0.15, 0.2) is 24.3 Å². The Bertz CT molecular complexity index is 520. The summed E-state index contributed by atoms with van der Waals surface area (Å²) < 4.78 is 22.6. The van der Waals surface area contributed by atoms with Crippen LogP contribution in [0.2, 0.25) is 0 Å². The van der Waals surface area contributed by atoms with Crippen LogP contribution in [-0.2, 0) is 16.4 Å². The largest absolute Gasteiger partial charge is 0.309 e. The topological polar surface area (TPSA) is 72.2 Å². The average Bonchev–Trinajstić information content (AvgIpc) is 2.39. The zero-order valence-electron chi connectivity index (χ0n) is 11.3. The van der Waals surface area contributed by atoms with Crippen molar-refractivity contribution < 1.29 is 8.42 Å². The molecule has 1 saturated heterocycles. The number of nitrogens with two attached hydrogens (primary N) is 1. The molecule has 0 bridgehead atoms. The van der Waals surface area contributed by atoms with E-state index in [1.54, 1.807) is 0 Å². The highest BCUT2D eigenvalue weighted by molar-refractivity contribution is 7.89. The molecular formula is C14H22N2O2S. The molecule has 2 atom stereocenters. The first-order chi connectivity index (χ1) is 9.00. The number of nitrogens with one attached hydrogen (secondary N) is 1. The number of piperidine rings is 1. The van der Waals surface area contributed by atoms with Gasteiger partial charge in [-0.05, 0) is 30.4 Å². The molecule has 0 amide bonds. The lowest BCUT2D eigenvalue weighted by molar-refractivity contribution is 0.408. The van der Waals surface area contributed by atoms with E-state index in [4.69, 9.17) is 5.14 Å². The van der Waals surface area contributed by atoms with Gasteiger partial charge in [0.2, 0.25) is 10.0 Å². The SMILES string of the molecule is CCCc1cccc(C2CCC(S(N)(=O)=O)CN2)c1. The maximum atomic E-state index is 11.3. The van der Waals surface area contributed by atoms with Gasteiger partial charge in [0.25, 0.3) is 0 Å². The van der Waals surface area contributed by atoms with Crippen LogP contribution in [0.5, 0.6) is 0 Å². The normalized spacial score (nSPS) is 24.3. The van der Waals surface area contributed by atoms with Crippen LogP contribution in [0.3, 0.4) is 0 Å². The fourth-order valence-corrected chi connectivity index (χ4v) is 3.44. The third-order valence-corrected chi connectivity index (χ3v) is 5.06. The van der Waals surface area contributed by atoms with Gasteiger partial charge in [0.1, 0.15) is 0 Å². The quantitative estimate of drug-likeness (QED) is 0.883. The van der Waals surface area contributed by atoms with Crippen LogP contribution in [0.4, 0.5) is 0 Å². The fraction of sp³-hybridized carbons (Fsp3) is 0.571. The lowest BCUT2D eigenvalue weighted by Gasteiger charge is -2.29. The Labute approximate surface area is 115 Å². The number of hydrogen-bond acceptors (Lipinski definition) is 3. The predicted octanol–water partition coefficient (Wildman–Crippen LogP) is 1.72. The minimum Gasteiger partial charge on any atom is -0.309 e. The standard InChI is InChI=1S/C14H22N2O2S/c1-2-4-11-5-3-6-12(9-11)14-8-7-13(10-16-14)19(15,17)18/h3,5-6,9,13-14,16H,2,4,7-8,10H2,1H3,(H2,15,17,18). The van der Waals surface area contributed by atoms with Crippen LogP contribution in [0, 0.1) is 0 Å². The molecular weight excluding hydrogens is 260 g/mol. The molecule has 0 radical (unpaired) electrons. The molecule has 5 heteroatoms. The summed E-state index contributed by atoms with van der Waals surface area (Å²) in [4.78, 5) is 0. The van der Waals surface area contributed by atoms with Crippen LogP contribution >= 0.6 is 0 Å². The molecule has 2 unspecified atom stereocenters. The van der Waals surface area contributed by atoms with E-state index in [1.165, 1.54) is 11.1 Å². The molecule has 1 aliphatic heterocycles. The summed E-state index contributed by atoms with van der Waals surface area (Å²) in [6.07, 6.45) is 3.67. The molecule has 2 rings (SSSR count). The van der Waals surface area contributed by atoms with E-state index in [-0.39, 0.29) is 6.04 Å². The van der Waals surface area contributed by atoms with Crippen molar-refractivity contribution in [1.82, 2.24) is 5.32 Å². The van der Waals surface area contributed by atoms with Crippen LogP contribution in [-0.4, -0.2) is 20.2 Å². The zero-order valence-corrected chi connectivity index (χ0v) is 12.1. The maximum absolute atomic E-state index is 11.3. The van der Waals surface area contributed by atoms with Crippen LogP contribution in [0.1, 0.15) is 43.4 Å². The third kappa shape index (κ3) is 3.78. The Morgan fingerprint density at radius 2 is 2.16 bits per heavy atom. The van der Waals surface area contributed by atoms with Gasteiger partial charge in [0.05, 0.1) is 5.25 Å². The number of rotatable bonds is 4. The molecule has 19 heavy (non-hydrogen) atoms. The van der Waals surface area contributed by atoms with E-state index in [0.717, 1.165) is 19.3 Å². The van der Waals surface area contributed by atoms with E-state index in [0.29, 0.717) is 13.0 Å². The fourth-order valence-electron chi connectivity index (χ4n) is 2.65. The first kappa shape index (κ1) is 14.5. The molecule has 1 aromatic rings. The van der Waals surface area contributed by atoms with Gasteiger partial charge in [-0.15, -0.1) is 0 Å². The molecule has 1 aromatic carbocycles. The monoisotopic (exact) mass is 282 g/mol. The third-order valence-electron chi connectivity index (χ3n) is 3.73. The van der Waals surface area contributed by atoms with Gasteiger partial charge >= 0.3 is 0 Å².